The predicted molar refractivity (Wildman–Crippen MR) is 90.0 cm³/mol. The van der Waals surface area contributed by atoms with Crippen LogP contribution in [0.2, 0.25) is 0 Å². The smallest absolute Gasteiger partial charge is 0.226 e. The molecule has 3 heterocycles. The lowest BCUT2D eigenvalue weighted by atomic mass is 10.0. The molecule has 0 radical (unpaired) electrons. The first kappa shape index (κ1) is 15.3. The number of carbonyl (C=O) groups excluding carboxylic acids is 1. The third kappa shape index (κ3) is 4.18. The van der Waals surface area contributed by atoms with Crippen molar-refractivity contribution >= 4 is 17.4 Å². The van der Waals surface area contributed by atoms with Crippen molar-refractivity contribution in [3.8, 4) is 0 Å². The maximum atomic E-state index is 12.1. The maximum Gasteiger partial charge on any atom is 0.226 e. The first-order valence-corrected chi connectivity index (χ1v) is 7.86. The van der Waals surface area contributed by atoms with Gasteiger partial charge in [0.25, 0.3) is 0 Å². The van der Waals surface area contributed by atoms with E-state index < -0.39 is 0 Å². The van der Waals surface area contributed by atoms with E-state index in [1.54, 1.807) is 18.3 Å². The minimum absolute atomic E-state index is 0.0126. The summed E-state index contributed by atoms with van der Waals surface area (Å²) < 4.78 is 0. The number of nitrogens with zero attached hydrogens (tertiary/aromatic N) is 3. The lowest BCUT2D eigenvalue weighted by molar-refractivity contribution is -0.121. The number of rotatable bonds is 4. The number of nitrogens with two attached hydrogens (primary N) is 1. The molecule has 3 N–H and O–H groups in total. The molecule has 0 aliphatic carbocycles. The summed E-state index contributed by atoms with van der Waals surface area (Å²) in [6.07, 6.45) is 5.53. The average Bonchev–Trinajstić information content (AvgIpc) is 2.58. The van der Waals surface area contributed by atoms with Gasteiger partial charge in [0.2, 0.25) is 5.91 Å². The van der Waals surface area contributed by atoms with Crippen molar-refractivity contribution in [3.63, 3.8) is 0 Å². The van der Waals surface area contributed by atoms with Crippen LogP contribution < -0.4 is 16.0 Å². The Kier molecular flexibility index (Phi) is 4.71. The third-order valence-electron chi connectivity index (χ3n) is 4.02. The maximum absolute atomic E-state index is 12.1. The Bertz CT molecular complexity index is 636. The van der Waals surface area contributed by atoms with Crippen LogP contribution in [0.15, 0.2) is 42.7 Å². The summed E-state index contributed by atoms with van der Waals surface area (Å²) in [6.45, 7) is 1.81. The molecule has 0 bridgehead atoms. The molecular formula is C17H21N5O. The fourth-order valence-electron chi connectivity index (χ4n) is 2.78. The van der Waals surface area contributed by atoms with Gasteiger partial charge >= 0.3 is 0 Å². The molecule has 1 saturated heterocycles. The standard InChI is InChI=1S/C17H21N5O/c18-13-4-5-15(20-12-13)11-17(23)21-14-6-9-22(10-7-14)16-3-1-2-8-19-16/h1-5,8,12,14H,6-7,9-11,18H2,(H,21,23). The minimum atomic E-state index is 0.0126. The van der Waals surface area contributed by atoms with Gasteiger partial charge in [0, 0.05) is 31.0 Å². The van der Waals surface area contributed by atoms with Crippen molar-refractivity contribution in [1.82, 2.24) is 15.3 Å². The van der Waals surface area contributed by atoms with Gasteiger partial charge in [-0.15, -0.1) is 0 Å². The largest absolute Gasteiger partial charge is 0.397 e. The van der Waals surface area contributed by atoms with Crippen molar-refractivity contribution in [1.29, 1.82) is 0 Å². The molecule has 0 spiro atoms. The Morgan fingerprint density at radius 2 is 2.04 bits per heavy atom. The number of hydrogen-bond acceptors (Lipinski definition) is 5. The summed E-state index contributed by atoms with van der Waals surface area (Å²) in [6, 6.07) is 9.71. The van der Waals surface area contributed by atoms with Gasteiger partial charge in [0.1, 0.15) is 5.82 Å². The number of nitrogens with one attached hydrogen (secondary N) is 1. The molecule has 120 valence electrons. The summed E-state index contributed by atoms with van der Waals surface area (Å²) >= 11 is 0. The topological polar surface area (TPSA) is 84.1 Å². The summed E-state index contributed by atoms with van der Waals surface area (Å²) in [5, 5.41) is 3.10. The highest BCUT2D eigenvalue weighted by molar-refractivity contribution is 5.78. The monoisotopic (exact) mass is 311 g/mol. The van der Waals surface area contributed by atoms with Crippen LogP contribution in [0, 0.1) is 0 Å². The molecule has 0 saturated carbocycles. The van der Waals surface area contributed by atoms with E-state index in [0.29, 0.717) is 12.1 Å². The number of amides is 1. The number of anilines is 2. The number of pyridine rings is 2. The molecule has 6 nitrogen and oxygen atoms in total. The highest BCUT2D eigenvalue weighted by Crippen LogP contribution is 2.17. The summed E-state index contributed by atoms with van der Waals surface area (Å²) in [7, 11) is 0. The van der Waals surface area contributed by atoms with Gasteiger partial charge in [-0.25, -0.2) is 4.98 Å². The van der Waals surface area contributed by atoms with Crippen LogP contribution >= 0.6 is 0 Å². The number of nitrogen functional groups attached to an aromatic ring is 1. The summed E-state index contributed by atoms with van der Waals surface area (Å²) in [4.78, 5) is 22.9. The normalized spacial score (nSPS) is 15.4. The summed E-state index contributed by atoms with van der Waals surface area (Å²) in [5.74, 6) is 1.02. The Morgan fingerprint density at radius 3 is 2.70 bits per heavy atom. The molecular weight excluding hydrogens is 290 g/mol. The number of carbonyl (C=O) groups is 1. The third-order valence-corrected chi connectivity index (χ3v) is 4.02. The molecule has 0 aromatic carbocycles. The zero-order valence-electron chi connectivity index (χ0n) is 13.0. The molecule has 1 aliphatic heterocycles. The average molecular weight is 311 g/mol. The second-order valence-electron chi connectivity index (χ2n) is 5.78. The zero-order chi connectivity index (χ0) is 16.1. The van der Waals surface area contributed by atoms with Crippen LogP contribution in [0.4, 0.5) is 11.5 Å². The second-order valence-corrected chi connectivity index (χ2v) is 5.78. The predicted octanol–water partition coefficient (Wildman–Crippen LogP) is 1.39. The van der Waals surface area contributed by atoms with Gasteiger partial charge in [-0.05, 0) is 37.1 Å². The Balaban J connectivity index is 1.47. The fourth-order valence-corrected chi connectivity index (χ4v) is 2.78. The van der Waals surface area contributed by atoms with Crippen molar-refractivity contribution in [2.24, 2.45) is 0 Å². The van der Waals surface area contributed by atoms with Gasteiger partial charge in [0.15, 0.2) is 0 Å². The Labute approximate surface area is 135 Å². The molecule has 2 aromatic rings. The van der Waals surface area contributed by atoms with E-state index in [1.165, 1.54) is 0 Å². The van der Waals surface area contributed by atoms with Gasteiger partial charge < -0.3 is 16.0 Å². The van der Waals surface area contributed by atoms with E-state index in [9.17, 15) is 4.79 Å². The van der Waals surface area contributed by atoms with Crippen LogP contribution in [-0.4, -0.2) is 35.0 Å². The van der Waals surface area contributed by atoms with E-state index in [4.69, 9.17) is 5.73 Å². The van der Waals surface area contributed by atoms with Crippen molar-refractivity contribution < 1.29 is 4.79 Å². The second kappa shape index (κ2) is 7.09. The van der Waals surface area contributed by atoms with Crippen LogP contribution in [-0.2, 0) is 11.2 Å². The summed E-state index contributed by atoms with van der Waals surface area (Å²) in [5.41, 5.74) is 6.94. The quantitative estimate of drug-likeness (QED) is 0.891. The Morgan fingerprint density at radius 1 is 1.22 bits per heavy atom. The molecule has 0 unspecified atom stereocenters. The minimum Gasteiger partial charge on any atom is -0.397 e. The first-order chi connectivity index (χ1) is 11.2. The highest BCUT2D eigenvalue weighted by atomic mass is 16.1. The number of aromatic nitrogens is 2. The van der Waals surface area contributed by atoms with Crippen molar-refractivity contribution in [3.05, 3.63) is 48.4 Å². The number of piperidine rings is 1. The van der Waals surface area contributed by atoms with E-state index >= 15 is 0 Å². The van der Waals surface area contributed by atoms with Crippen LogP contribution in [0.3, 0.4) is 0 Å². The fraction of sp³-hybridized carbons (Fsp3) is 0.353. The van der Waals surface area contributed by atoms with Crippen molar-refractivity contribution in [2.75, 3.05) is 23.7 Å². The van der Waals surface area contributed by atoms with Gasteiger partial charge in [-0.3, -0.25) is 9.78 Å². The lowest BCUT2D eigenvalue weighted by Gasteiger charge is -2.33. The highest BCUT2D eigenvalue weighted by Gasteiger charge is 2.21. The van der Waals surface area contributed by atoms with Gasteiger partial charge in [0.05, 0.1) is 18.3 Å². The van der Waals surface area contributed by atoms with Gasteiger partial charge in [-0.1, -0.05) is 6.07 Å². The Hall–Kier alpha value is -2.63. The lowest BCUT2D eigenvalue weighted by Crippen LogP contribution is -2.45. The van der Waals surface area contributed by atoms with Crippen molar-refractivity contribution in [2.45, 2.75) is 25.3 Å². The molecule has 3 rings (SSSR count). The van der Waals surface area contributed by atoms with E-state index in [2.05, 4.69) is 20.2 Å². The molecule has 2 aromatic heterocycles. The molecule has 1 amide bonds. The first-order valence-electron chi connectivity index (χ1n) is 7.86. The van der Waals surface area contributed by atoms with Crippen LogP contribution in [0.25, 0.3) is 0 Å². The number of hydrogen-bond donors (Lipinski definition) is 2. The van der Waals surface area contributed by atoms with Gasteiger partial charge in [-0.2, -0.15) is 0 Å². The molecule has 1 fully saturated rings. The molecule has 0 atom stereocenters. The zero-order valence-corrected chi connectivity index (χ0v) is 13.0. The molecule has 1 aliphatic rings. The van der Waals surface area contributed by atoms with E-state index in [0.717, 1.165) is 37.4 Å². The SMILES string of the molecule is Nc1ccc(CC(=O)NC2CCN(c3ccccn3)CC2)nc1. The molecule has 6 heteroatoms. The van der Waals surface area contributed by atoms with E-state index in [-0.39, 0.29) is 11.9 Å². The van der Waals surface area contributed by atoms with E-state index in [1.807, 2.05) is 24.4 Å². The molecule has 23 heavy (non-hydrogen) atoms. The van der Waals surface area contributed by atoms with Crippen LogP contribution in [0.5, 0.6) is 0 Å². The van der Waals surface area contributed by atoms with Crippen LogP contribution in [0.1, 0.15) is 18.5 Å².